The number of halogens is 1. The highest BCUT2D eigenvalue weighted by Gasteiger charge is 2.38. The lowest BCUT2D eigenvalue weighted by Gasteiger charge is -2.34. The monoisotopic (exact) mass is 353 g/mol. The van der Waals surface area contributed by atoms with Crippen molar-refractivity contribution in [3.8, 4) is 0 Å². The van der Waals surface area contributed by atoms with Crippen LogP contribution < -0.4 is 11.1 Å². The number of aryl methyl sites for hydroxylation is 1. The van der Waals surface area contributed by atoms with Crippen LogP contribution in [0.25, 0.3) is 11.1 Å². The molecule has 0 saturated carbocycles. The third-order valence-electron chi connectivity index (χ3n) is 4.61. The van der Waals surface area contributed by atoms with Crippen LogP contribution in [-0.4, -0.2) is 37.2 Å². The normalized spacial score (nSPS) is 16.6. The van der Waals surface area contributed by atoms with Gasteiger partial charge in [-0.25, -0.2) is 4.98 Å². The van der Waals surface area contributed by atoms with E-state index in [0.29, 0.717) is 51.5 Å². The molecule has 2 heterocycles. The number of hydrogen-bond donors (Lipinski definition) is 2. The number of ether oxygens (including phenoxy) is 1. The van der Waals surface area contributed by atoms with Crippen LogP contribution in [0.1, 0.15) is 24.3 Å². The zero-order valence-electron chi connectivity index (χ0n) is 13.8. The van der Waals surface area contributed by atoms with Gasteiger partial charge in [-0.3, -0.25) is 4.79 Å². The topological polar surface area (TPSA) is 90.4 Å². The summed E-state index contributed by atoms with van der Waals surface area (Å²) in [6.07, 6.45) is 1.92. The third-order valence-corrected chi connectivity index (χ3v) is 4.61. The Hall–Kier alpha value is -1.63. The second-order valence-corrected chi connectivity index (χ2v) is 6.13. The van der Waals surface area contributed by atoms with Crippen molar-refractivity contribution in [2.75, 3.05) is 26.3 Å². The number of nitrogens with zero attached hydrogens (tertiary/aromatic N) is 1. The molecular weight excluding hydrogens is 330 g/mol. The Labute approximate surface area is 147 Å². The van der Waals surface area contributed by atoms with Gasteiger partial charge < -0.3 is 20.2 Å². The molecule has 0 bridgehead atoms. The number of carbonyl (C=O) groups excluding carboxylic acids is 1. The largest absolute Gasteiger partial charge is 0.441 e. The molecule has 2 aromatic rings. The fourth-order valence-corrected chi connectivity index (χ4v) is 3.00. The fourth-order valence-electron chi connectivity index (χ4n) is 3.00. The van der Waals surface area contributed by atoms with Crippen LogP contribution in [0.5, 0.6) is 0 Å². The summed E-state index contributed by atoms with van der Waals surface area (Å²) >= 11 is 0. The zero-order chi connectivity index (χ0) is 16.3. The molecule has 0 spiro atoms. The summed E-state index contributed by atoms with van der Waals surface area (Å²) in [5, 5.41) is 2.98. The summed E-state index contributed by atoms with van der Waals surface area (Å²) in [6, 6.07) is 5.86. The molecule has 1 aromatic carbocycles. The lowest BCUT2D eigenvalue weighted by Crippen LogP contribution is -2.49. The average molecular weight is 354 g/mol. The SMILES string of the molecule is Cc1cccc2oc(CCNC(=O)C3(CN)CCOCC3)nc12.Cl. The van der Waals surface area contributed by atoms with Crippen molar-refractivity contribution in [2.24, 2.45) is 11.1 Å². The van der Waals surface area contributed by atoms with Gasteiger partial charge in [-0.2, -0.15) is 0 Å². The highest BCUT2D eigenvalue weighted by molar-refractivity contribution is 5.85. The van der Waals surface area contributed by atoms with Gasteiger partial charge in [-0.05, 0) is 31.4 Å². The molecule has 7 heteroatoms. The van der Waals surface area contributed by atoms with Gasteiger partial charge in [-0.15, -0.1) is 12.4 Å². The van der Waals surface area contributed by atoms with Crippen molar-refractivity contribution < 1.29 is 13.9 Å². The summed E-state index contributed by atoms with van der Waals surface area (Å²) in [6.45, 7) is 4.04. The summed E-state index contributed by atoms with van der Waals surface area (Å²) in [5.41, 5.74) is 8.11. The van der Waals surface area contributed by atoms with Gasteiger partial charge in [0.1, 0.15) is 5.52 Å². The van der Waals surface area contributed by atoms with E-state index in [1.807, 2.05) is 25.1 Å². The number of rotatable bonds is 5. The van der Waals surface area contributed by atoms with Crippen LogP contribution >= 0.6 is 12.4 Å². The first-order valence-corrected chi connectivity index (χ1v) is 8.06. The van der Waals surface area contributed by atoms with Gasteiger partial charge in [0.25, 0.3) is 0 Å². The molecule has 1 saturated heterocycles. The van der Waals surface area contributed by atoms with E-state index >= 15 is 0 Å². The first kappa shape index (κ1) is 18.7. The maximum absolute atomic E-state index is 12.5. The summed E-state index contributed by atoms with van der Waals surface area (Å²) in [4.78, 5) is 17.0. The molecule has 1 aliphatic heterocycles. The van der Waals surface area contributed by atoms with Crippen molar-refractivity contribution in [3.63, 3.8) is 0 Å². The zero-order valence-corrected chi connectivity index (χ0v) is 14.7. The second kappa shape index (κ2) is 7.96. The Morgan fingerprint density at radius 2 is 2.12 bits per heavy atom. The Kier molecular flexibility index (Phi) is 6.21. The smallest absolute Gasteiger partial charge is 0.227 e. The van der Waals surface area contributed by atoms with E-state index in [4.69, 9.17) is 14.9 Å². The Bertz CT molecular complexity index is 695. The first-order valence-electron chi connectivity index (χ1n) is 8.06. The van der Waals surface area contributed by atoms with Crippen LogP contribution in [0, 0.1) is 12.3 Å². The molecule has 1 amide bonds. The predicted octanol–water partition coefficient (Wildman–Crippen LogP) is 1.97. The molecular formula is C17H24ClN3O3. The maximum atomic E-state index is 12.5. The number of nitrogens with one attached hydrogen (secondary N) is 1. The van der Waals surface area contributed by atoms with Gasteiger partial charge in [0, 0.05) is 32.7 Å². The van der Waals surface area contributed by atoms with Crippen molar-refractivity contribution in [2.45, 2.75) is 26.2 Å². The minimum Gasteiger partial charge on any atom is -0.441 e. The molecule has 0 aliphatic carbocycles. The molecule has 3 N–H and O–H groups in total. The predicted molar refractivity (Wildman–Crippen MR) is 94.2 cm³/mol. The number of oxazole rings is 1. The average Bonchev–Trinajstić information content (AvgIpc) is 3.00. The molecule has 3 rings (SSSR count). The number of aromatic nitrogens is 1. The molecule has 132 valence electrons. The van der Waals surface area contributed by atoms with Crippen LogP contribution in [0.2, 0.25) is 0 Å². The van der Waals surface area contributed by atoms with Crippen LogP contribution in [0.3, 0.4) is 0 Å². The van der Waals surface area contributed by atoms with Gasteiger partial charge in [-0.1, -0.05) is 12.1 Å². The van der Waals surface area contributed by atoms with E-state index in [-0.39, 0.29) is 18.3 Å². The van der Waals surface area contributed by atoms with E-state index < -0.39 is 5.41 Å². The standard InChI is InChI=1S/C17H23N3O3.ClH/c1-12-3-2-4-13-15(12)20-14(23-13)5-8-19-16(21)17(11-18)6-9-22-10-7-17;/h2-4H,5-11,18H2,1H3,(H,19,21);1H. The molecule has 1 fully saturated rings. The highest BCUT2D eigenvalue weighted by atomic mass is 35.5. The Morgan fingerprint density at radius 3 is 2.79 bits per heavy atom. The number of benzene rings is 1. The molecule has 0 unspecified atom stereocenters. The van der Waals surface area contributed by atoms with Crippen molar-refractivity contribution in [3.05, 3.63) is 29.7 Å². The summed E-state index contributed by atoms with van der Waals surface area (Å²) in [7, 11) is 0. The van der Waals surface area contributed by atoms with E-state index in [2.05, 4.69) is 10.3 Å². The summed E-state index contributed by atoms with van der Waals surface area (Å²) in [5.74, 6) is 0.652. The molecule has 0 radical (unpaired) electrons. The van der Waals surface area contributed by atoms with Gasteiger partial charge in [0.2, 0.25) is 5.91 Å². The Morgan fingerprint density at radius 1 is 1.38 bits per heavy atom. The minimum atomic E-state index is -0.490. The Balaban J connectivity index is 0.00000208. The lowest BCUT2D eigenvalue weighted by molar-refractivity contribution is -0.135. The molecule has 1 aliphatic rings. The van der Waals surface area contributed by atoms with Crippen LogP contribution in [0.15, 0.2) is 22.6 Å². The number of amides is 1. The maximum Gasteiger partial charge on any atom is 0.227 e. The van der Waals surface area contributed by atoms with Gasteiger partial charge in [0.05, 0.1) is 5.41 Å². The fraction of sp³-hybridized carbons (Fsp3) is 0.529. The van der Waals surface area contributed by atoms with Gasteiger partial charge >= 0.3 is 0 Å². The van der Waals surface area contributed by atoms with E-state index in [1.54, 1.807) is 0 Å². The number of nitrogens with two attached hydrogens (primary N) is 1. The summed E-state index contributed by atoms with van der Waals surface area (Å²) < 4.78 is 11.1. The van der Waals surface area contributed by atoms with Crippen LogP contribution in [0.4, 0.5) is 0 Å². The van der Waals surface area contributed by atoms with Gasteiger partial charge in [0.15, 0.2) is 11.5 Å². The quantitative estimate of drug-likeness (QED) is 0.857. The third kappa shape index (κ3) is 3.71. The van der Waals surface area contributed by atoms with Crippen molar-refractivity contribution >= 4 is 29.4 Å². The van der Waals surface area contributed by atoms with Crippen molar-refractivity contribution in [1.82, 2.24) is 10.3 Å². The van der Waals surface area contributed by atoms with Crippen LogP contribution in [-0.2, 0) is 16.0 Å². The van der Waals surface area contributed by atoms with Crippen molar-refractivity contribution in [1.29, 1.82) is 0 Å². The number of carbonyl (C=O) groups is 1. The number of fused-ring (bicyclic) bond motifs is 1. The minimum absolute atomic E-state index is 0. The second-order valence-electron chi connectivity index (χ2n) is 6.13. The number of para-hydroxylation sites is 1. The molecule has 24 heavy (non-hydrogen) atoms. The highest BCUT2D eigenvalue weighted by Crippen LogP contribution is 2.29. The number of hydrogen-bond acceptors (Lipinski definition) is 5. The van der Waals surface area contributed by atoms with E-state index in [1.165, 1.54) is 0 Å². The lowest BCUT2D eigenvalue weighted by atomic mass is 9.79. The first-order chi connectivity index (χ1) is 11.1. The molecule has 0 atom stereocenters. The molecule has 6 nitrogen and oxygen atoms in total. The van der Waals surface area contributed by atoms with E-state index in [0.717, 1.165) is 16.7 Å². The molecule has 1 aromatic heterocycles. The van der Waals surface area contributed by atoms with E-state index in [9.17, 15) is 4.79 Å².